The second kappa shape index (κ2) is 9.12. The number of anilines is 1. The topological polar surface area (TPSA) is 87.2 Å². The molecule has 0 aliphatic carbocycles. The van der Waals surface area contributed by atoms with Crippen LogP contribution in [0.25, 0.3) is 0 Å². The fourth-order valence-corrected chi connectivity index (χ4v) is 3.17. The number of carbonyl (C=O) groups is 2. The third-order valence-corrected chi connectivity index (χ3v) is 4.73. The molecule has 7 heteroatoms. The Balaban J connectivity index is 1.55. The molecule has 1 saturated heterocycles. The van der Waals surface area contributed by atoms with E-state index >= 15 is 0 Å². The summed E-state index contributed by atoms with van der Waals surface area (Å²) in [5, 5.41) is 14.2. The molecular weight excluding hydrogens is 354 g/mol. The summed E-state index contributed by atoms with van der Waals surface area (Å²) < 4.78 is 0. The maximum Gasteiger partial charge on any atom is 0.251 e. The average molecular weight is 379 g/mol. The molecule has 1 fully saturated rings. The maximum atomic E-state index is 12.6. The van der Waals surface area contributed by atoms with Crippen molar-refractivity contribution < 1.29 is 9.59 Å². The lowest BCUT2D eigenvalue weighted by molar-refractivity contribution is -0.116. The Hall–Kier alpha value is -3.22. The van der Waals surface area contributed by atoms with E-state index in [4.69, 9.17) is 0 Å². The van der Waals surface area contributed by atoms with Crippen molar-refractivity contribution in [3.63, 3.8) is 0 Å². The number of nitrogens with zero attached hydrogens (tertiary/aromatic N) is 3. The lowest BCUT2D eigenvalue weighted by atomic mass is 10.0. The van der Waals surface area contributed by atoms with Gasteiger partial charge < -0.3 is 15.5 Å². The van der Waals surface area contributed by atoms with Gasteiger partial charge in [-0.3, -0.25) is 9.59 Å². The SMILES string of the molecule is C=CC(=O)NCc1ccc(C(=O)NC2CCCN(c3ccc(C)nn3)C2)cc1. The average Bonchev–Trinajstić information content (AvgIpc) is 2.73. The number of benzene rings is 1. The molecule has 3 rings (SSSR count). The van der Waals surface area contributed by atoms with E-state index in [1.807, 2.05) is 31.2 Å². The molecular formula is C21H25N5O2. The van der Waals surface area contributed by atoms with Crippen LogP contribution in [0.5, 0.6) is 0 Å². The Kier molecular flexibility index (Phi) is 6.37. The zero-order valence-electron chi connectivity index (χ0n) is 16.0. The highest BCUT2D eigenvalue weighted by Gasteiger charge is 2.23. The first-order chi connectivity index (χ1) is 13.5. The largest absolute Gasteiger partial charge is 0.353 e. The minimum Gasteiger partial charge on any atom is -0.353 e. The Labute approximate surface area is 164 Å². The van der Waals surface area contributed by atoms with Crippen LogP contribution >= 0.6 is 0 Å². The van der Waals surface area contributed by atoms with E-state index in [0.29, 0.717) is 12.1 Å². The van der Waals surface area contributed by atoms with Crippen LogP contribution in [0.3, 0.4) is 0 Å². The standard InChI is InChI=1S/C21H25N5O2/c1-3-20(27)22-13-16-7-9-17(10-8-16)21(28)23-18-5-4-12-26(14-18)19-11-6-15(2)24-25-19/h3,6-11,18H,1,4-5,12-14H2,2H3,(H,22,27)(H,23,28). The van der Waals surface area contributed by atoms with Gasteiger partial charge in [0.2, 0.25) is 5.91 Å². The monoisotopic (exact) mass is 379 g/mol. The van der Waals surface area contributed by atoms with Gasteiger partial charge in [-0.15, -0.1) is 5.10 Å². The molecule has 1 unspecified atom stereocenters. The fourth-order valence-electron chi connectivity index (χ4n) is 3.17. The Bertz CT molecular complexity index is 833. The summed E-state index contributed by atoms with van der Waals surface area (Å²) in [5.41, 5.74) is 2.41. The Morgan fingerprint density at radius 3 is 2.68 bits per heavy atom. The number of amides is 2. The summed E-state index contributed by atoms with van der Waals surface area (Å²) in [6.45, 7) is 7.36. The molecule has 1 aromatic carbocycles. The second-order valence-corrected chi connectivity index (χ2v) is 6.91. The van der Waals surface area contributed by atoms with E-state index in [2.05, 4.69) is 32.3 Å². The van der Waals surface area contributed by atoms with Crippen LogP contribution in [0.15, 0.2) is 49.1 Å². The van der Waals surface area contributed by atoms with Crippen LogP contribution in [0, 0.1) is 6.92 Å². The number of hydrogen-bond acceptors (Lipinski definition) is 5. The zero-order valence-corrected chi connectivity index (χ0v) is 16.0. The van der Waals surface area contributed by atoms with E-state index < -0.39 is 0 Å². The van der Waals surface area contributed by atoms with Crippen molar-refractivity contribution in [2.75, 3.05) is 18.0 Å². The fraction of sp³-hybridized carbons (Fsp3) is 0.333. The van der Waals surface area contributed by atoms with Crippen LogP contribution in [-0.4, -0.2) is 41.1 Å². The van der Waals surface area contributed by atoms with E-state index in [1.165, 1.54) is 6.08 Å². The van der Waals surface area contributed by atoms with Gasteiger partial charge in [0, 0.05) is 31.2 Å². The van der Waals surface area contributed by atoms with E-state index in [1.54, 1.807) is 12.1 Å². The molecule has 2 amide bonds. The molecule has 1 atom stereocenters. The maximum absolute atomic E-state index is 12.6. The van der Waals surface area contributed by atoms with Gasteiger partial charge in [0.25, 0.3) is 5.91 Å². The molecule has 146 valence electrons. The minimum absolute atomic E-state index is 0.0657. The summed E-state index contributed by atoms with van der Waals surface area (Å²) in [4.78, 5) is 26.0. The number of nitrogens with one attached hydrogen (secondary N) is 2. The van der Waals surface area contributed by atoms with Crippen LogP contribution in [0.4, 0.5) is 5.82 Å². The van der Waals surface area contributed by atoms with Crippen LogP contribution in [-0.2, 0) is 11.3 Å². The van der Waals surface area contributed by atoms with E-state index in [-0.39, 0.29) is 17.9 Å². The number of carbonyl (C=O) groups excluding carboxylic acids is 2. The van der Waals surface area contributed by atoms with Gasteiger partial charge in [-0.1, -0.05) is 18.7 Å². The smallest absolute Gasteiger partial charge is 0.251 e. The van der Waals surface area contributed by atoms with Crippen LogP contribution < -0.4 is 15.5 Å². The number of hydrogen-bond donors (Lipinski definition) is 2. The minimum atomic E-state index is -0.220. The van der Waals surface area contributed by atoms with Crippen molar-refractivity contribution in [3.05, 3.63) is 65.9 Å². The number of rotatable bonds is 6. The molecule has 2 N–H and O–H groups in total. The summed E-state index contributed by atoms with van der Waals surface area (Å²) >= 11 is 0. The van der Waals surface area contributed by atoms with Gasteiger partial charge in [-0.05, 0) is 55.7 Å². The van der Waals surface area contributed by atoms with E-state index in [9.17, 15) is 9.59 Å². The van der Waals surface area contributed by atoms with Gasteiger partial charge >= 0.3 is 0 Å². The summed E-state index contributed by atoms with van der Waals surface area (Å²) in [6.07, 6.45) is 3.16. The highest BCUT2D eigenvalue weighted by atomic mass is 16.2. The lowest BCUT2D eigenvalue weighted by Crippen LogP contribution is -2.48. The number of aryl methyl sites for hydroxylation is 1. The van der Waals surface area contributed by atoms with Gasteiger partial charge in [-0.2, -0.15) is 5.10 Å². The first kappa shape index (κ1) is 19.5. The van der Waals surface area contributed by atoms with Gasteiger partial charge in [-0.25, -0.2) is 0 Å². The molecule has 7 nitrogen and oxygen atoms in total. The number of aromatic nitrogens is 2. The highest BCUT2D eigenvalue weighted by Crippen LogP contribution is 2.17. The molecule has 0 spiro atoms. The van der Waals surface area contributed by atoms with Crippen LogP contribution in [0.1, 0.15) is 34.5 Å². The first-order valence-electron chi connectivity index (χ1n) is 9.40. The normalized spacial score (nSPS) is 16.3. The molecule has 1 aromatic heterocycles. The summed E-state index contributed by atoms with van der Waals surface area (Å²) in [6, 6.07) is 11.2. The van der Waals surface area contributed by atoms with Gasteiger partial charge in [0.15, 0.2) is 5.82 Å². The van der Waals surface area contributed by atoms with Crippen molar-refractivity contribution in [2.45, 2.75) is 32.4 Å². The summed E-state index contributed by atoms with van der Waals surface area (Å²) in [7, 11) is 0. The third-order valence-electron chi connectivity index (χ3n) is 4.73. The van der Waals surface area contributed by atoms with Crippen molar-refractivity contribution in [1.82, 2.24) is 20.8 Å². The first-order valence-corrected chi connectivity index (χ1v) is 9.40. The summed E-state index contributed by atoms with van der Waals surface area (Å²) in [5.74, 6) is 0.529. The van der Waals surface area contributed by atoms with Gasteiger partial charge in [0.1, 0.15) is 0 Å². The van der Waals surface area contributed by atoms with E-state index in [0.717, 1.165) is 43.0 Å². The Morgan fingerprint density at radius 2 is 2.00 bits per heavy atom. The molecule has 0 bridgehead atoms. The Morgan fingerprint density at radius 1 is 1.21 bits per heavy atom. The van der Waals surface area contributed by atoms with Gasteiger partial charge in [0.05, 0.1) is 5.69 Å². The molecule has 2 aromatic rings. The van der Waals surface area contributed by atoms with Crippen molar-refractivity contribution >= 4 is 17.6 Å². The zero-order chi connectivity index (χ0) is 19.9. The second-order valence-electron chi connectivity index (χ2n) is 6.91. The third kappa shape index (κ3) is 5.16. The molecule has 0 saturated carbocycles. The molecule has 28 heavy (non-hydrogen) atoms. The predicted molar refractivity (Wildman–Crippen MR) is 108 cm³/mol. The quantitative estimate of drug-likeness (QED) is 0.750. The van der Waals surface area contributed by atoms with Crippen LogP contribution in [0.2, 0.25) is 0 Å². The van der Waals surface area contributed by atoms with Crippen molar-refractivity contribution in [2.24, 2.45) is 0 Å². The predicted octanol–water partition coefficient (Wildman–Crippen LogP) is 1.99. The highest BCUT2D eigenvalue weighted by molar-refractivity contribution is 5.94. The molecule has 0 radical (unpaired) electrons. The number of piperidine rings is 1. The van der Waals surface area contributed by atoms with Crippen molar-refractivity contribution in [1.29, 1.82) is 0 Å². The molecule has 2 heterocycles. The lowest BCUT2D eigenvalue weighted by Gasteiger charge is -2.33. The van der Waals surface area contributed by atoms with Crippen molar-refractivity contribution in [3.8, 4) is 0 Å². The molecule has 1 aliphatic rings. The molecule has 1 aliphatic heterocycles.